The van der Waals surface area contributed by atoms with Crippen LogP contribution in [0.3, 0.4) is 0 Å². The largest absolute Gasteiger partial charge is 0.493 e. The van der Waals surface area contributed by atoms with Gasteiger partial charge in [0.2, 0.25) is 11.7 Å². The minimum atomic E-state index is -0.314. The van der Waals surface area contributed by atoms with Crippen molar-refractivity contribution in [3.63, 3.8) is 0 Å². The first-order chi connectivity index (χ1) is 14.0. The predicted octanol–water partition coefficient (Wildman–Crippen LogP) is 3.59. The van der Waals surface area contributed by atoms with Gasteiger partial charge in [-0.1, -0.05) is 17.7 Å². The van der Waals surface area contributed by atoms with Crippen LogP contribution in [0.25, 0.3) is 0 Å². The number of nitrogens with zero attached hydrogens (tertiary/aromatic N) is 2. The van der Waals surface area contributed by atoms with Crippen LogP contribution in [0, 0.1) is 0 Å². The van der Waals surface area contributed by atoms with Crippen LogP contribution in [-0.4, -0.2) is 51.3 Å². The van der Waals surface area contributed by atoms with Gasteiger partial charge in [-0.15, -0.1) is 0 Å². The van der Waals surface area contributed by atoms with Crippen LogP contribution >= 0.6 is 11.6 Å². The second-order valence-corrected chi connectivity index (χ2v) is 6.97. The van der Waals surface area contributed by atoms with E-state index in [0.717, 1.165) is 6.42 Å². The number of likely N-dealkylation sites (tertiary alicyclic amines) is 1. The molecule has 2 amide bonds. The second-order valence-electron chi connectivity index (χ2n) is 6.53. The Labute approximate surface area is 174 Å². The van der Waals surface area contributed by atoms with Crippen molar-refractivity contribution in [1.82, 2.24) is 4.90 Å². The Kier molecular flexibility index (Phi) is 6.49. The molecule has 154 valence electrons. The summed E-state index contributed by atoms with van der Waals surface area (Å²) in [7, 11) is 4.48. The van der Waals surface area contributed by atoms with E-state index in [2.05, 4.69) is 0 Å². The van der Waals surface area contributed by atoms with Crippen molar-refractivity contribution in [1.29, 1.82) is 0 Å². The van der Waals surface area contributed by atoms with Gasteiger partial charge in [-0.3, -0.25) is 14.5 Å². The molecule has 0 N–H and O–H groups in total. The van der Waals surface area contributed by atoms with Gasteiger partial charge in [0.1, 0.15) is 6.67 Å². The minimum Gasteiger partial charge on any atom is -0.493 e. The molecule has 0 spiro atoms. The average molecular weight is 419 g/mol. The summed E-state index contributed by atoms with van der Waals surface area (Å²) < 4.78 is 16.1. The molecule has 1 heterocycles. The monoisotopic (exact) mass is 418 g/mol. The molecule has 0 radical (unpaired) electrons. The van der Waals surface area contributed by atoms with E-state index in [1.807, 2.05) is 0 Å². The summed E-state index contributed by atoms with van der Waals surface area (Å²) >= 11 is 6.14. The van der Waals surface area contributed by atoms with Crippen molar-refractivity contribution < 1.29 is 23.8 Å². The number of hydrogen-bond acceptors (Lipinski definition) is 5. The summed E-state index contributed by atoms with van der Waals surface area (Å²) in [6.45, 7) is 0.743. The van der Waals surface area contributed by atoms with Gasteiger partial charge in [-0.25, -0.2) is 0 Å². The maximum Gasteiger partial charge on any atom is 0.260 e. The molecular formula is C21H23ClN2O5. The molecule has 1 fully saturated rings. The zero-order valence-corrected chi connectivity index (χ0v) is 17.4. The molecule has 2 aromatic rings. The fourth-order valence-corrected chi connectivity index (χ4v) is 3.48. The van der Waals surface area contributed by atoms with Crippen molar-refractivity contribution in [3.8, 4) is 17.2 Å². The molecule has 0 aromatic heterocycles. The van der Waals surface area contributed by atoms with Crippen LogP contribution in [-0.2, 0) is 4.79 Å². The number of ether oxygens (including phenoxy) is 3. The average Bonchev–Trinajstić information content (AvgIpc) is 3.14. The zero-order valence-electron chi connectivity index (χ0n) is 16.6. The van der Waals surface area contributed by atoms with Crippen molar-refractivity contribution in [2.24, 2.45) is 0 Å². The predicted molar refractivity (Wildman–Crippen MR) is 110 cm³/mol. The van der Waals surface area contributed by atoms with Crippen molar-refractivity contribution in [2.75, 3.05) is 39.4 Å². The number of halogens is 1. The minimum absolute atomic E-state index is 0.0229. The summed E-state index contributed by atoms with van der Waals surface area (Å²) in [6.07, 6.45) is 1.27. The van der Waals surface area contributed by atoms with Crippen molar-refractivity contribution >= 4 is 29.1 Å². The Hall–Kier alpha value is -2.93. The van der Waals surface area contributed by atoms with E-state index in [-0.39, 0.29) is 18.5 Å². The molecule has 2 aromatic carbocycles. The van der Waals surface area contributed by atoms with Crippen LogP contribution in [0.5, 0.6) is 17.2 Å². The molecule has 1 aliphatic rings. The number of carbonyl (C=O) groups excluding carboxylic acids is 2. The quantitative estimate of drug-likeness (QED) is 0.687. The first kappa shape index (κ1) is 20.8. The van der Waals surface area contributed by atoms with Crippen LogP contribution in [0.4, 0.5) is 5.69 Å². The van der Waals surface area contributed by atoms with E-state index in [1.165, 1.54) is 26.2 Å². The molecule has 7 nitrogen and oxygen atoms in total. The normalized spacial score (nSPS) is 13.4. The molecule has 0 atom stereocenters. The lowest BCUT2D eigenvalue weighted by Crippen LogP contribution is -2.42. The smallest absolute Gasteiger partial charge is 0.260 e. The van der Waals surface area contributed by atoms with Gasteiger partial charge < -0.3 is 19.1 Å². The van der Waals surface area contributed by atoms with Crippen LogP contribution in [0.2, 0.25) is 5.02 Å². The topological polar surface area (TPSA) is 68.3 Å². The lowest BCUT2D eigenvalue weighted by atomic mass is 10.1. The highest BCUT2D eigenvalue weighted by Gasteiger charge is 2.28. The van der Waals surface area contributed by atoms with Gasteiger partial charge in [0.05, 0.1) is 21.3 Å². The fourth-order valence-electron chi connectivity index (χ4n) is 3.29. The maximum atomic E-state index is 13.5. The Morgan fingerprint density at radius 1 is 1.10 bits per heavy atom. The third-order valence-electron chi connectivity index (χ3n) is 4.76. The van der Waals surface area contributed by atoms with Crippen molar-refractivity contribution in [3.05, 3.63) is 47.0 Å². The van der Waals surface area contributed by atoms with Gasteiger partial charge >= 0.3 is 0 Å². The number of hydrogen-bond donors (Lipinski definition) is 0. The molecule has 1 saturated heterocycles. The summed E-state index contributed by atoms with van der Waals surface area (Å²) in [5.41, 5.74) is 0.932. The van der Waals surface area contributed by atoms with Gasteiger partial charge in [0.25, 0.3) is 5.91 Å². The van der Waals surface area contributed by atoms with Crippen molar-refractivity contribution in [2.45, 2.75) is 12.8 Å². The number of benzene rings is 2. The Bertz CT molecular complexity index is 893. The molecule has 3 rings (SSSR count). The summed E-state index contributed by atoms with van der Waals surface area (Å²) in [4.78, 5) is 28.8. The zero-order chi connectivity index (χ0) is 21.0. The molecule has 8 heteroatoms. The fraction of sp³-hybridized carbons (Fsp3) is 0.333. The first-order valence-electron chi connectivity index (χ1n) is 9.13. The number of anilines is 1. The molecule has 0 saturated carbocycles. The highest BCUT2D eigenvalue weighted by molar-refractivity contribution is 6.31. The second kappa shape index (κ2) is 9.05. The van der Waals surface area contributed by atoms with Gasteiger partial charge in [-0.05, 0) is 36.8 Å². The van der Waals surface area contributed by atoms with Crippen LogP contribution in [0.15, 0.2) is 36.4 Å². The lowest BCUT2D eigenvalue weighted by molar-refractivity contribution is -0.127. The SMILES string of the molecule is COc1cc(C(=O)N(CN2CCCC2=O)c2cccc(Cl)c2)cc(OC)c1OC. The van der Waals surface area contributed by atoms with Crippen LogP contribution in [0.1, 0.15) is 23.2 Å². The molecule has 1 aliphatic heterocycles. The molecular weight excluding hydrogens is 396 g/mol. The van der Waals surface area contributed by atoms with E-state index in [1.54, 1.807) is 41.3 Å². The number of amides is 2. The Balaban J connectivity index is 2.03. The van der Waals surface area contributed by atoms with E-state index in [0.29, 0.717) is 46.5 Å². The number of methoxy groups -OCH3 is 3. The highest BCUT2D eigenvalue weighted by atomic mass is 35.5. The summed E-state index contributed by atoms with van der Waals surface area (Å²) in [5.74, 6) is 0.855. The van der Waals surface area contributed by atoms with Crippen LogP contribution < -0.4 is 19.1 Å². The Morgan fingerprint density at radius 2 is 1.79 bits per heavy atom. The van der Waals surface area contributed by atoms with E-state index in [4.69, 9.17) is 25.8 Å². The standard InChI is InChI=1S/C21H23ClN2O5/c1-27-17-10-14(11-18(28-2)20(17)29-3)21(26)24(13-23-9-5-8-19(23)25)16-7-4-6-15(22)12-16/h4,6-7,10-12H,5,8-9,13H2,1-3H3. The maximum absolute atomic E-state index is 13.5. The first-order valence-corrected chi connectivity index (χ1v) is 9.51. The van der Waals surface area contributed by atoms with E-state index in [9.17, 15) is 9.59 Å². The highest BCUT2D eigenvalue weighted by Crippen LogP contribution is 2.39. The third-order valence-corrected chi connectivity index (χ3v) is 5.00. The molecule has 0 aliphatic carbocycles. The Morgan fingerprint density at radius 3 is 2.31 bits per heavy atom. The van der Waals surface area contributed by atoms with E-state index >= 15 is 0 Å². The van der Waals surface area contributed by atoms with E-state index < -0.39 is 0 Å². The lowest BCUT2D eigenvalue weighted by Gasteiger charge is -2.28. The number of carbonyl (C=O) groups is 2. The summed E-state index contributed by atoms with van der Waals surface area (Å²) in [5, 5.41) is 0.498. The van der Waals surface area contributed by atoms with Gasteiger partial charge in [-0.2, -0.15) is 0 Å². The molecule has 0 unspecified atom stereocenters. The molecule has 0 bridgehead atoms. The van der Waals surface area contributed by atoms with Gasteiger partial charge in [0.15, 0.2) is 11.5 Å². The number of rotatable bonds is 7. The summed E-state index contributed by atoms with van der Waals surface area (Å²) in [6, 6.07) is 10.1. The van der Waals surface area contributed by atoms with Gasteiger partial charge in [0, 0.05) is 29.2 Å². The molecule has 29 heavy (non-hydrogen) atoms. The third kappa shape index (κ3) is 4.40.